The molecule has 0 fully saturated rings. The van der Waals surface area contributed by atoms with E-state index in [1.165, 1.54) is 0 Å². The van der Waals surface area contributed by atoms with Crippen LogP contribution in [0, 0.1) is 0 Å². The maximum Gasteiger partial charge on any atom is 0.173 e. The van der Waals surface area contributed by atoms with Gasteiger partial charge in [0.1, 0.15) is 5.75 Å². The molecule has 0 unspecified atom stereocenters. The zero-order valence-corrected chi connectivity index (χ0v) is 10.9. The Labute approximate surface area is 117 Å². The van der Waals surface area contributed by atoms with E-state index >= 15 is 0 Å². The van der Waals surface area contributed by atoms with Crippen molar-refractivity contribution in [2.45, 2.75) is 0 Å². The van der Waals surface area contributed by atoms with Gasteiger partial charge in [-0.3, -0.25) is 0 Å². The van der Waals surface area contributed by atoms with Gasteiger partial charge in [0.15, 0.2) is 11.6 Å². The third kappa shape index (κ3) is 2.95. The molecule has 0 amide bonds. The molecule has 1 N–H and O–H groups in total. The number of hydrogen-bond acceptors (Lipinski definition) is 3. The van der Waals surface area contributed by atoms with Gasteiger partial charge in [-0.2, -0.15) is 0 Å². The monoisotopic (exact) mass is 262 g/mol. The zero-order chi connectivity index (χ0) is 13.6. The predicted octanol–water partition coefficient (Wildman–Crippen LogP) is 4.62. The summed E-state index contributed by atoms with van der Waals surface area (Å²) in [5, 5.41) is 3.26. The number of ether oxygens (including phenoxy) is 1. The first-order chi connectivity index (χ1) is 9.92. The molecule has 2 aromatic carbocycles. The first-order valence-electron chi connectivity index (χ1n) is 6.42. The molecule has 0 bridgehead atoms. The SMILES string of the molecule is c1ccc(Nc2ncccc2Oc2ccccc2)cc1. The van der Waals surface area contributed by atoms with Crippen LogP contribution in [0.4, 0.5) is 11.5 Å². The molecule has 0 aliphatic carbocycles. The van der Waals surface area contributed by atoms with Gasteiger partial charge >= 0.3 is 0 Å². The number of nitrogens with one attached hydrogen (secondary N) is 1. The summed E-state index contributed by atoms with van der Waals surface area (Å²) >= 11 is 0. The fourth-order valence-electron chi connectivity index (χ4n) is 1.84. The van der Waals surface area contributed by atoms with Crippen LogP contribution in [0.3, 0.4) is 0 Å². The Hall–Kier alpha value is -2.81. The molecule has 0 atom stereocenters. The van der Waals surface area contributed by atoms with Crippen LogP contribution < -0.4 is 10.1 Å². The molecule has 0 saturated carbocycles. The quantitative estimate of drug-likeness (QED) is 0.745. The van der Waals surface area contributed by atoms with Crippen molar-refractivity contribution < 1.29 is 4.74 Å². The molecule has 1 aromatic heterocycles. The first-order valence-corrected chi connectivity index (χ1v) is 6.42. The summed E-state index contributed by atoms with van der Waals surface area (Å²) < 4.78 is 5.86. The molecule has 3 nitrogen and oxygen atoms in total. The van der Waals surface area contributed by atoms with Gasteiger partial charge in [-0.1, -0.05) is 36.4 Å². The van der Waals surface area contributed by atoms with Crippen LogP contribution in [0.5, 0.6) is 11.5 Å². The van der Waals surface area contributed by atoms with Crippen LogP contribution in [0.2, 0.25) is 0 Å². The maximum atomic E-state index is 5.86. The van der Waals surface area contributed by atoms with E-state index in [1.54, 1.807) is 6.20 Å². The molecule has 0 saturated heterocycles. The standard InChI is InChI=1S/C17H14N2O/c1-3-8-14(9-4-1)19-17-16(12-7-13-18-17)20-15-10-5-2-6-11-15/h1-13H,(H,18,19). The van der Waals surface area contributed by atoms with Crippen molar-refractivity contribution in [3.8, 4) is 11.5 Å². The molecule has 0 spiro atoms. The maximum absolute atomic E-state index is 5.86. The van der Waals surface area contributed by atoms with E-state index in [4.69, 9.17) is 4.74 Å². The van der Waals surface area contributed by atoms with Crippen LogP contribution >= 0.6 is 0 Å². The van der Waals surface area contributed by atoms with Crippen LogP contribution in [0.1, 0.15) is 0 Å². The summed E-state index contributed by atoms with van der Waals surface area (Å²) in [6, 6.07) is 23.3. The summed E-state index contributed by atoms with van der Waals surface area (Å²) in [5.41, 5.74) is 0.976. The van der Waals surface area contributed by atoms with E-state index in [9.17, 15) is 0 Å². The summed E-state index contributed by atoms with van der Waals surface area (Å²) in [4.78, 5) is 4.33. The average molecular weight is 262 g/mol. The molecule has 98 valence electrons. The number of rotatable bonds is 4. The minimum Gasteiger partial charge on any atom is -0.453 e. The number of anilines is 2. The largest absolute Gasteiger partial charge is 0.453 e. The minimum atomic E-state index is 0.697. The second-order valence-corrected chi connectivity index (χ2v) is 4.26. The van der Waals surface area contributed by atoms with Gasteiger partial charge < -0.3 is 10.1 Å². The van der Waals surface area contributed by atoms with E-state index < -0.39 is 0 Å². The number of hydrogen-bond donors (Lipinski definition) is 1. The fourth-order valence-corrected chi connectivity index (χ4v) is 1.84. The van der Waals surface area contributed by atoms with E-state index in [-0.39, 0.29) is 0 Å². The molecule has 3 heteroatoms. The number of para-hydroxylation sites is 2. The van der Waals surface area contributed by atoms with Crippen molar-refractivity contribution in [3.05, 3.63) is 79.0 Å². The topological polar surface area (TPSA) is 34.2 Å². The van der Waals surface area contributed by atoms with Crippen molar-refractivity contribution in [3.63, 3.8) is 0 Å². The van der Waals surface area contributed by atoms with Crippen LogP contribution in [0.15, 0.2) is 79.0 Å². The number of nitrogens with zero attached hydrogens (tertiary/aromatic N) is 1. The normalized spacial score (nSPS) is 10.0. The molecular formula is C17H14N2O. The summed E-state index contributed by atoms with van der Waals surface area (Å²) in [5.74, 6) is 2.18. The Morgan fingerprint density at radius 2 is 1.45 bits per heavy atom. The molecule has 3 rings (SSSR count). The van der Waals surface area contributed by atoms with E-state index in [2.05, 4.69) is 10.3 Å². The molecule has 0 aliphatic rings. The molecular weight excluding hydrogens is 248 g/mol. The predicted molar refractivity (Wildman–Crippen MR) is 80.5 cm³/mol. The lowest BCUT2D eigenvalue weighted by Crippen LogP contribution is -1.96. The Morgan fingerprint density at radius 1 is 0.750 bits per heavy atom. The highest BCUT2D eigenvalue weighted by atomic mass is 16.5. The Morgan fingerprint density at radius 3 is 2.20 bits per heavy atom. The van der Waals surface area contributed by atoms with Gasteiger partial charge in [-0.15, -0.1) is 0 Å². The van der Waals surface area contributed by atoms with Crippen molar-refractivity contribution in [1.29, 1.82) is 0 Å². The van der Waals surface area contributed by atoms with E-state index in [1.807, 2.05) is 72.8 Å². The number of pyridine rings is 1. The summed E-state index contributed by atoms with van der Waals surface area (Å²) in [7, 11) is 0. The Kier molecular flexibility index (Phi) is 3.60. The van der Waals surface area contributed by atoms with Crippen LogP contribution in [-0.2, 0) is 0 Å². The lowest BCUT2D eigenvalue weighted by molar-refractivity contribution is 0.483. The van der Waals surface area contributed by atoms with Gasteiger partial charge in [-0.25, -0.2) is 4.98 Å². The molecule has 0 radical (unpaired) electrons. The lowest BCUT2D eigenvalue weighted by atomic mass is 10.3. The Bertz CT molecular complexity index is 608. The third-order valence-electron chi connectivity index (χ3n) is 2.78. The summed E-state index contributed by atoms with van der Waals surface area (Å²) in [6.07, 6.45) is 1.74. The van der Waals surface area contributed by atoms with Crippen molar-refractivity contribution in [2.75, 3.05) is 5.32 Å². The highest BCUT2D eigenvalue weighted by molar-refractivity contribution is 5.62. The average Bonchev–Trinajstić information content (AvgIpc) is 2.51. The smallest absolute Gasteiger partial charge is 0.173 e. The first kappa shape index (κ1) is 12.2. The molecule has 1 heterocycles. The molecule has 0 aliphatic heterocycles. The van der Waals surface area contributed by atoms with E-state index in [0.717, 1.165) is 11.4 Å². The lowest BCUT2D eigenvalue weighted by Gasteiger charge is -2.11. The van der Waals surface area contributed by atoms with Crippen LogP contribution in [-0.4, -0.2) is 4.98 Å². The second-order valence-electron chi connectivity index (χ2n) is 4.26. The van der Waals surface area contributed by atoms with Gasteiger partial charge in [0.2, 0.25) is 0 Å². The Balaban J connectivity index is 1.85. The van der Waals surface area contributed by atoms with Crippen LogP contribution in [0.25, 0.3) is 0 Å². The number of aromatic nitrogens is 1. The molecule has 20 heavy (non-hydrogen) atoms. The number of benzene rings is 2. The second kappa shape index (κ2) is 5.89. The highest BCUT2D eigenvalue weighted by Crippen LogP contribution is 2.29. The highest BCUT2D eigenvalue weighted by Gasteiger charge is 2.05. The van der Waals surface area contributed by atoms with E-state index in [0.29, 0.717) is 11.6 Å². The van der Waals surface area contributed by atoms with Gasteiger partial charge in [0, 0.05) is 11.9 Å². The van der Waals surface area contributed by atoms with Crippen molar-refractivity contribution in [1.82, 2.24) is 4.98 Å². The zero-order valence-electron chi connectivity index (χ0n) is 10.9. The van der Waals surface area contributed by atoms with Crippen molar-refractivity contribution >= 4 is 11.5 Å². The van der Waals surface area contributed by atoms with Gasteiger partial charge in [0.05, 0.1) is 0 Å². The fraction of sp³-hybridized carbons (Fsp3) is 0. The van der Waals surface area contributed by atoms with Crippen molar-refractivity contribution in [2.24, 2.45) is 0 Å². The third-order valence-corrected chi connectivity index (χ3v) is 2.78. The van der Waals surface area contributed by atoms with Gasteiger partial charge in [-0.05, 0) is 36.4 Å². The van der Waals surface area contributed by atoms with Gasteiger partial charge in [0.25, 0.3) is 0 Å². The summed E-state index contributed by atoms with van der Waals surface area (Å²) in [6.45, 7) is 0. The minimum absolute atomic E-state index is 0.697. The molecule has 3 aromatic rings.